The number of carbonyl (C=O) groups excluding carboxylic acids is 1. The van der Waals surface area contributed by atoms with Crippen LogP contribution in [0.4, 0.5) is 5.88 Å². The molecule has 1 aromatic heterocycles. The molecule has 0 aliphatic rings. The third-order valence-electron chi connectivity index (χ3n) is 3.31. The summed E-state index contributed by atoms with van der Waals surface area (Å²) in [4.78, 5) is 12.1. The monoisotopic (exact) mass is 298 g/mol. The molecule has 2 N–H and O–H groups in total. The molecule has 0 saturated carbocycles. The Bertz CT molecular complexity index is 685. The minimum atomic E-state index is -0.406. The van der Waals surface area contributed by atoms with Crippen LogP contribution in [0.5, 0.6) is 0 Å². The van der Waals surface area contributed by atoms with E-state index in [-0.39, 0.29) is 11.9 Å². The molecule has 0 bridgehead atoms. The van der Waals surface area contributed by atoms with Crippen molar-refractivity contribution in [1.29, 1.82) is 5.26 Å². The summed E-state index contributed by atoms with van der Waals surface area (Å²) >= 11 is 0. The maximum absolute atomic E-state index is 12.1. The molecule has 0 saturated heterocycles. The van der Waals surface area contributed by atoms with E-state index in [1.165, 1.54) is 0 Å². The van der Waals surface area contributed by atoms with Gasteiger partial charge in [0.2, 0.25) is 11.8 Å². The van der Waals surface area contributed by atoms with Gasteiger partial charge in [0.05, 0.1) is 23.4 Å². The molecule has 0 aliphatic heterocycles. The summed E-state index contributed by atoms with van der Waals surface area (Å²) in [5, 5.41) is 18.4. The van der Waals surface area contributed by atoms with E-state index < -0.39 is 6.04 Å². The molecule has 2 aromatic rings. The normalized spacial score (nSPS) is 13.2. The molecule has 6 nitrogen and oxygen atoms in total. The number of hydrogen-bond acceptors (Lipinski definition) is 5. The number of hydrogen-bond donors (Lipinski definition) is 2. The average molecular weight is 298 g/mol. The van der Waals surface area contributed by atoms with Crippen molar-refractivity contribution in [3.63, 3.8) is 0 Å². The predicted molar refractivity (Wildman–Crippen MR) is 82.0 cm³/mol. The van der Waals surface area contributed by atoms with Crippen molar-refractivity contribution in [2.75, 3.05) is 5.32 Å². The fraction of sp³-hybridized carbons (Fsp3) is 0.312. The van der Waals surface area contributed by atoms with Crippen LogP contribution in [0.3, 0.4) is 0 Å². The molecule has 0 radical (unpaired) electrons. The van der Waals surface area contributed by atoms with E-state index in [1.807, 2.05) is 19.1 Å². The van der Waals surface area contributed by atoms with Crippen molar-refractivity contribution in [3.8, 4) is 6.07 Å². The van der Waals surface area contributed by atoms with Crippen LogP contribution < -0.4 is 10.6 Å². The topological polar surface area (TPSA) is 91.0 Å². The zero-order valence-corrected chi connectivity index (χ0v) is 12.8. The highest BCUT2D eigenvalue weighted by Crippen LogP contribution is 2.14. The largest absolute Gasteiger partial charge is 0.338 e. The van der Waals surface area contributed by atoms with E-state index in [9.17, 15) is 4.79 Å². The number of aromatic nitrogens is 1. The summed E-state index contributed by atoms with van der Waals surface area (Å²) in [5.41, 5.74) is 2.33. The van der Waals surface area contributed by atoms with Gasteiger partial charge in [-0.3, -0.25) is 15.4 Å². The molecule has 0 aliphatic carbocycles. The first-order valence-electron chi connectivity index (χ1n) is 7.00. The highest BCUT2D eigenvalue weighted by atomic mass is 16.5. The lowest BCUT2D eigenvalue weighted by Gasteiger charge is -2.19. The van der Waals surface area contributed by atoms with Gasteiger partial charge >= 0.3 is 0 Å². The van der Waals surface area contributed by atoms with Crippen molar-refractivity contribution in [1.82, 2.24) is 10.5 Å². The molecular weight excluding hydrogens is 280 g/mol. The summed E-state index contributed by atoms with van der Waals surface area (Å²) in [7, 11) is 0. The van der Waals surface area contributed by atoms with Gasteiger partial charge in [-0.05, 0) is 38.5 Å². The van der Waals surface area contributed by atoms with Crippen molar-refractivity contribution in [3.05, 3.63) is 47.2 Å². The number of benzene rings is 1. The van der Waals surface area contributed by atoms with Crippen molar-refractivity contribution >= 4 is 11.8 Å². The second kappa shape index (κ2) is 6.87. The number of nitrogens with zero attached hydrogens (tertiary/aromatic N) is 2. The van der Waals surface area contributed by atoms with Crippen LogP contribution in [-0.2, 0) is 4.79 Å². The van der Waals surface area contributed by atoms with E-state index in [4.69, 9.17) is 9.78 Å². The van der Waals surface area contributed by atoms with Crippen LogP contribution in [0.25, 0.3) is 0 Å². The minimum Gasteiger partial charge on any atom is -0.338 e. The van der Waals surface area contributed by atoms with Gasteiger partial charge in [0.1, 0.15) is 0 Å². The molecule has 1 amide bonds. The van der Waals surface area contributed by atoms with Gasteiger partial charge < -0.3 is 4.52 Å². The quantitative estimate of drug-likeness (QED) is 0.885. The summed E-state index contributed by atoms with van der Waals surface area (Å²) in [6, 6.07) is 10.6. The summed E-state index contributed by atoms with van der Waals surface area (Å²) < 4.78 is 4.96. The minimum absolute atomic E-state index is 0.0232. The van der Waals surface area contributed by atoms with Crippen LogP contribution in [0.15, 0.2) is 34.9 Å². The molecule has 1 heterocycles. The fourth-order valence-corrected chi connectivity index (χ4v) is 2.05. The average Bonchev–Trinajstić information content (AvgIpc) is 2.92. The van der Waals surface area contributed by atoms with E-state index in [1.54, 1.807) is 32.0 Å². The SMILES string of the molecule is Cc1cc(NC(=O)[C@H](C)N[C@@H](C)c2ccc(C#N)cc2)on1. The van der Waals surface area contributed by atoms with Crippen LogP contribution in [-0.4, -0.2) is 17.1 Å². The molecule has 22 heavy (non-hydrogen) atoms. The highest BCUT2D eigenvalue weighted by Gasteiger charge is 2.17. The summed E-state index contributed by atoms with van der Waals surface area (Å²) in [6.45, 7) is 5.52. The first-order chi connectivity index (χ1) is 10.5. The van der Waals surface area contributed by atoms with Crippen LogP contribution >= 0.6 is 0 Å². The number of rotatable bonds is 5. The molecular formula is C16H18N4O2. The van der Waals surface area contributed by atoms with E-state index in [0.717, 1.165) is 5.56 Å². The fourth-order valence-electron chi connectivity index (χ4n) is 2.05. The molecule has 0 spiro atoms. The number of nitrogens with one attached hydrogen (secondary N) is 2. The Morgan fingerprint density at radius 2 is 2.00 bits per heavy atom. The lowest BCUT2D eigenvalue weighted by molar-refractivity contribution is -0.118. The number of amides is 1. The Morgan fingerprint density at radius 1 is 1.32 bits per heavy atom. The highest BCUT2D eigenvalue weighted by molar-refractivity contribution is 5.93. The van der Waals surface area contributed by atoms with Crippen molar-refractivity contribution < 1.29 is 9.32 Å². The Balaban J connectivity index is 1.93. The first kappa shape index (κ1) is 15.7. The van der Waals surface area contributed by atoms with Crippen molar-refractivity contribution in [2.24, 2.45) is 0 Å². The van der Waals surface area contributed by atoms with Crippen molar-refractivity contribution in [2.45, 2.75) is 32.9 Å². The van der Waals surface area contributed by atoms with Gasteiger partial charge in [0.15, 0.2) is 0 Å². The standard InChI is InChI=1S/C16H18N4O2/c1-10-8-15(22-20-10)19-16(21)12(3)18-11(2)14-6-4-13(9-17)5-7-14/h4-8,11-12,18H,1-3H3,(H,19,21)/t11-,12-/m0/s1. The predicted octanol–water partition coefficient (Wildman–Crippen LogP) is 2.53. The molecule has 6 heteroatoms. The third-order valence-corrected chi connectivity index (χ3v) is 3.31. The zero-order chi connectivity index (χ0) is 16.1. The number of aryl methyl sites for hydroxylation is 1. The van der Waals surface area contributed by atoms with Crippen LogP contribution in [0.2, 0.25) is 0 Å². The van der Waals surface area contributed by atoms with E-state index >= 15 is 0 Å². The van der Waals surface area contributed by atoms with E-state index in [0.29, 0.717) is 17.1 Å². The third kappa shape index (κ3) is 3.93. The van der Waals surface area contributed by atoms with Gasteiger partial charge in [-0.25, -0.2) is 0 Å². The van der Waals surface area contributed by atoms with Gasteiger partial charge in [-0.1, -0.05) is 17.3 Å². The lowest BCUT2D eigenvalue weighted by atomic mass is 10.1. The Morgan fingerprint density at radius 3 is 2.55 bits per heavy atom. The molecule has 0 fully saturated rings. The smallest absolute Gasteiger partial charge is 0.243 e. The van der Waals surface area contributed by atoms with Crippen LogP contribution in [0.1, 0.15) is 36.7 Å². The number of carbonyl (C=O) groups is 1. The summed E-state index contributed by atoms with van der Waals surface area (Å²) in [5.74, 6) is 0.138. The Labute approximate surface area is 129 Å². The second-order valence-electron chi connectivity index (χ2n) is 5.17. The van der Waals surface area contributed by atoms with E-state index in [2.05, 4.69) is 21.9 Å². The molecule has 2 atom stereocenters. The molecule has 1 aromatic carbocycles. The molecule has 0 unspecified atom stereocenters. The number of nitriles is 1. The number of anilines is 1. The maximum atomic E-state index is 12.1. The first-order valence-corrected chi connectivity index (χ1v) is 7.00. The zero-order valence-electron chi connectivity index (χ0n) is 12.8. The lowest BCUT2D eigenvalue weighted by Crippen LogP contribution is -2.39. The van der Waals surface area contributed by atoms with Gasteiger partial charge in [-0.15, -0.1) is 0 Å². The maximum Gasteiger partial charge on any atom is 0.243 e. The van der Waals surface area contributed by atoms with Gasteiger partial charge in [-0.2, -0.15) is 5.26 Å². The Hall–Kier alpha value is -2.65. The Kier molecular flexibility index (Phi) is 4.92. The van der Waals surface area contributed by atoms with Crippen LogP contribution in [0, 0.1) is 18.3 Å². The second-order valence-corrected chi connectivity index (χ2v) is 5.17. The molecule has 2 rings (SSSR count). The molecule has 114 valence electrons. The van der Waals surface area contributed by atoms with Gasteiger partial charge in [0.25, 0.3) is 0 Å². The summed E-state index contributed by atoms with van der Waals surface area (Å²) in [6.07, 6.45) is 0. The van der Waals surface area contributed by atoms with Gasteiger partial charge in [0, 0.05) is 12.1 Å².